The highest BCUT2D eigenvalue weighted by molar-refractivity contribution is 6.30. The van der Waals surface area contributed by atoms with E-state index in [-0.39, 0.29) is 0 Å². The molecule has 0 aromatic heterocycles. The summed E-state index contributed by atoms with van der Waals surface area (Å²) in [6.45, 7) is 4.44. The van der Waals surface area contributed by atoms with Crippen LogP contribution in [-0.2, 0) is 0 Å². The fraction of sp³-hybridized carbons (Fsp3) is 0.562. The maximum absolute atomic E-state index is 5.84. The molecule has 0 spiro atoms. The molecule has 0 fully saturated rings. The summed E-state index contributed by atoms with van der Waals surface area (Å²) in [6.07, 6.45) is 9.81. The SMILES string of the molecule is CCCCCCCC(C)N=Cc1ccc(Cl)cc1. The number of aliphatic imine (C=N–C) groups is 1. The Labute approximate surface area is 116 Å². The number of hydrogen-bond donors (Lipinski definition) is 0. The Bertz CT molecular complexity index is 343. The van der Waals surface area contributed by atoms with E-state index in [1.807, 2.05) is 30.5 Å². The van der Waals surface area contributed by atoms with Gasteiger partial charge >= 0.3 is 0 Å². The zero-order chi connectivity index (χ0) is 13.2. The van der Waals surface area contributed by atoms with E-state index in [0.29, 0.717) is 6.04 Å². The first-order valence-corrected chi connectivity index (χ1v) is 7.39. The largest absolute Gasteiger partial charge is 0.290 e. The lowest BCUT2D eigenvalue weighted by atomic mass is 10.1. The Balaban J connectivity index is 2.22. The van der Waals surface area contributed by atoms with Crippen LogP contribution in [0.3, 0.4) is 0 Å². The van der Waals surface area contributed by atoms with Crippen LogP contribution in [0.15, 0.2) is 29.3 Å². The third-order valence-electron chi connectivity index (χ3n) is 3.07. The van der Waals surface area contributed by atoms with Crippen molar-refractivity contribution in [3.63, 3.8) is 0 Å². The molecular formula is C16H24ClN. The number of unbranched alkanes of at least 4 members (excludes halogenated alkanes) is 4. The molecule has 0 aliphatic heterocycles. The minimum Gasteiger partial charge on any atom is -0.290 e. The third kappa shape index (κ3) is 6.80. The predicted molar refractivity (Wildman–Crippen MR) is 81.9 cm³/mol. The first kappa shape index (κ1) is 15.2. The van der Waals surface area contributed by atoms with Gasteiger partial charge in [-0.25, -0.2) is 0 Å². The molecule has 1 aromatic carbocycles. The molecule has 0 saturated carbocycles. The Morgan fingerprint density at radius 2 is 1.78 bits per heavy atom. The van der Waals surface area contributed by atoms with Gasteiger partial charge in [-0.1, -0.05) is 62.8 Å². The molecule has 0 aliphatic carbocycles. The molecule has 0 saturated heterocycles. The monoisotopic (exact) mass is 265 g/mol. The minimum absolute atomic E-state index is 0.419. The standard InChI is InChI=1S/C16H24ClN/c1-3-4-5-6-7-8-14(2)18-13-15-9-11-16(17)12-10-15/h9-14H,3-8H2,1-2H3. The summed E-state index contributed by atoms with van der Waals surface area (Å²) in [5.74, 6) is 0. The predicted octanol–water partition coefficient (Wildman–Crippen LogP) is 5.51. The van der Waals surface area contributed by atoms with Gasteiger partial charge in [0.1, 0.15) is 0 Å². The van der Waals surface area contributed by atoms with E-state index in [2.05, 4.69) is 18.8 Å². The van der Waals surface area contributed by atoms with Crippen LogP contribution in [-0.4, -0.2) is 12.3 Å². The summed E-state index contributed by atoms with van der Waals surface area (Å²) in [5.41, 5.74) is 1.12. The lowest BCUT2D eigenvalue weighted by molar-refractivity contribution is 0.565. The molecule has 18 heavy (non-hydrogen) atoms. The van der Waals surface area contributed by atoms with Gasteiger partial charge in [-0.3, -0.25) is 4.99 Å². The Morgan fingerprint density at radius 3 is 2.44 bits per heavy atom. The minimum atomic E-state index is 0.419. The average Bonchev–Trinajstić information content (AvgIpc) is 2.38. The highest BCUT2D eigenvalue weighted by Gasteiger charge is 1.98. The second kappa shape index (κ2) is 9.16. The number of nitrogens with zero attached hydrogens (tertiary/aromatic N) is 1. The van der Waals surface area contributed by atoms with E-state index in [9.17, 15) is 0 Å². The Kier molecular flexibility index (Phi) is 7.75. The van der Waals surface area contributed by atoms with Gasteiger partial charge in [-0.05, 0) is 31.0 Å². The van der Waals surface area contributed by atoms with E-state index >= 15 is 0 Å². The van der Waals surface area contributed by atoms with Crippen molar-refractivity contribution in [3.05, 3.63) is 34.9 Å². The van der Waals surface area contributed by atoms with Gasteiger partial charge in [-0.15, -0.1) is 0 Å². The summed E-state index contributed by atoms with van der Waals surface area (Å²) in [4.78, 5) is 4.57. The molecule has 1 aromatic rings. The van der Waals surface area contributed by atoms with E-state index in [4.69, 9.17) is 11.6 Å². The van der Waals surface area contributed by atoms with E-state index in [1.165, 1.54) is 38.5 Å². The van der Waals surface area contributed by atoms with Crippen molar-refractivity contribution < 1.29 is 0 Å². The van der Waals surface area contributed by atoms with Crippen molar-refractivity contribution in [2.45, 2.75) is 58.4 Å². The number of rotatable bonds is 8. The van der Waals surface area contributed by atoms with Crippen molar-refractivity contribution >= 4 is 17.8 Å². The molecule has 0 bridgehead atoms. The number of halogens is 1. The molecular weight excluding hydrogens is 242 g/mol. The molecule has 1 unspecified atom stereocenters. The fourth-order valence-electron chi connectivity index (χ4n) is 1.88. The lowest BCUT2D eigenvalue weighted by Gasteiger charge is -2.05. The molecule has 2 heteroatoms. The summed E-state index contributed by atoms with van der Waals surface area (Å²) < 4.78 is 0. The van der Waals surface area contributed by atoms with Crippen LogP contribution in [0.1, 0.15) is 57.9 Å². The van der Waals surface area contributed by atoms with Crippen LogP contribution in [0.5, 0.6) is 0 Å². The van der Waals surface area contributed by atoms with Gasteiger partial charge in [0.15, 0.2) is 0 Å². The van der Waals surface area contributed by atoms with E-state index < -0.39 is 0 Å². The van der Waals surface area contributed by atoms with E-state index in [0.717, 1.165) is 10.6 Å². The molecule has 1 atom stereocenters. The molecule has 1 nitrogen and oxygen atoms in total. The van der Waals surface area contributed by atoms with Crippen molar-refractivity contribution in [1.29, 1.82) is 0 Å². The first-order chi connectivity index (χ1) is 8.72. The summed E-state index contributed by atoms with van der Waals surface area (Å²) in [7, 11) is 0. The quantitative estimate of drug-likeness (QED) is 0.434. The van der Waals surface area contributed by atoms with Crippen LogP contribution >= 0.6 is 11.6 Å². The molecule has 0 heterocycles. The summed E-state index contributed by atoms with van der Waals surface area (Å²) in [5, 5.41) is 0.774. The van der Waals surface area contributed by atoms with Crippen LogP contribution in [0.4, 0.5) is 0 Å². The number of hydrogen-bond acceptors (Lipinski definition) is 1. The maximum Gasteiger partial charge on any atom is 0.0471 e. The highest BCUT2D eigenvalue weighted by atomic mass is 35.5. The highest BCUT2D eigenvalue weighted by Crippen LogP contribution is 2.10. The number of benzene rings is 1. The Hall–Kier alpha value is -0.820. The van der Waals surface area contributed by atoms with Crippen LogP contribution in [0.2, 0.25) is 5.02 Å². The first-order valence-electron chi connectivity index (χ1n) is 7.01. The molecule has 0 radical (unpaired) electrons. The summed E-state index contributed by atoms with van der Waals surface area (Å²) in [6, 6.07) is 8.22. The smallest absolute Gasteiger partial charge is 0.0471 e. The van der Waals surface area contributed by atoms with Gasteiger partial charge in [0, 0.05) is 17.3 Å². The maximum atomic E-state index is 5.84. The van der Waals surface area contributed by atoms with Crippen LogP contribution in [0, 0.1) is 0 Å². The van der Waals surface area contributed by atoms with E-state index in [1.54, 1.807) is 0 Å². The molecule has 0 aliphatic rings. The van der Waals surface area contributed by atoms with Gasteiger partial charge < -0.3 is 0 Å². The van der Waals surface area contributed by atoms with Crippen molar-refractivity contribution in [2.75, 3.05) is 0 Å². The van der Waals surface area contributed by atoms with Gasteiger partial charge in [-0.2, -0.15) is 0 Å². The van der Waals surface area contributed by atoms with Gasteiger partial charge in [0.25, 0.3) is 0 Å². The third-order valence-corrected chi connectivity index (χ3v) is 3.33. The molecule has 1 rings (SSSR count). The summed E-state index contributed by atoms with van der Waals surface area (Å²) >= 11 is 5.84. The normalized spacial score (nSPS) is 13.1. The average molecular weight is 266 g/mol. The topological polar surface area (TPSA) is 12.4 Å². The second-order valence-electron chi connectivity index (χ2n) is 4.88. The van der Waals surface area contributed by atoms with Gasteiger partial charge in [0.05, 0.1) is 0 Å². The van der Waals surface area contributed by atoms with Crippen LogP contribution < -0.4 is 0 Å². The zero-order valence-electron chi connectivity index (χ0n) is 11.5. The van der Waals surface area contributed by atoms with Crippen molar-refractivity contribution in [1.82, 2.24) is 0 Å². The second-order valence-corrected chi connectivity index (χ2v) is 5.32. The van der Waals surface area contributed by atoms with Crippen molar-refractivity contribution in [2.24, 2.45) is 4.99 Å². The Morgan fingerprint density at radius 1 is 1.11 bits per heavy atom. The zero-order valence-corrected chi connectivity index (χ0v) is 12.3. The van der Waals surface area contributed by atoms with Crippen LogP contribution in [0.25, 0.3) is 0 Å². The lowest BCUT2D eigenvalue weighted by Crippen LogP contribution is -1.98. The molecule has 0 N–H and O–H groups in total. The van der Waals surface area contributed by atoms with Gasteiger partial charge in [0.2, 0.25) is 0 Å². The van der Waals surface area contributed by atoms with Crippen molar-refractivity contribution in [3.8, 4) is 0 Å². The molecule has 100 valence electrons. The fourth-order valence-corrected chi connectivity index (χ4v) is 2.01. The molecule has 0 amide bonds.